The summed E-state index contributed by atoms with van der Waals surface area (Å²) in [6.45, 7) is 7.22. The maximum absolute atomic E-state index is 5.72. The number of morpholine rings is 1. The number of ether oxygens (including phenoxy) is 2. The van der Waals surface area contributed by atoms with Gasteiger partial charge < -0.3 is 19.4 Å². The van der Waals surface area contributed by atoms with E-state index in [4.69, 9.17) is 19.4 Å². The van der Waals surface area contributed by atoms with Crippen molar-refractivity contribution in [3.05, 3.63) is 35.6 Å². The first-order valence-electron chi connectivity index (χ1n) is 12.0. The van der Waals surface area contributed by atoms with Crippen LogP contribution in [0.4, 0.5) is 5.82 Å². The minimum atomic E-state index is 0.260. The Morgan fingerprint density at radius 3 is 3.09 bits per heavy atom. The van der Waals surface area contributed by atoms with Crippen molar-refractivity contribution in [2.24, 2.45) is 0 Å². The summed E-state index contributed by atoms with van der Waals surface area (Å²) in [7, 11) is 1.79. The van der Waals surface area contributed by atoms with Crippen molar-refractivity contribution in [2.75, 3.05) is 44.9 Å². The van der Waals surface area contributed by atoms with E-state index in [-0.39, 0.29) is 6.04 Å². The van der Waals surface area contributed by atoms with Gasteiger partial charge in [-0.3, -0.25) is 9.88 Å². The number of H-pyrrole nitrogens is 1. The minimum Gasteiger partial charge on any atom is -0.383 e. The number of likely N-dealkylation sites (tertiary alicyclic amines) is 1. The highest BCUT2D eigenvalue weighted by Gasteiger charge is 2.28. The molecule has 4 aromatic heterocycles. The molecule has 9 heteroatoms. The molecule has 0 unspecified atom stereocenters. The van der Waals surface area contributed by atoms with E-state index < -0.39 is 0 Å². The summed E-state index contributed by atoms with van der Waals surface area (Å²) < 4.78 is 12.4. The van der Waals surface area contributed by atoms with Crippen molar-refractivity contribution in [3.8, 4) is 11.4 Å². The highest BCUT2D eigenvalue weighted by molar-refractivity contribution is 7.18. The van der Waals surface area contributed by atoms with Crippen molar-refractivity contribution in [1.82, 2.24) is 24.8 Å². The van der Waals surface area contributed by atoms with Gasteiger partial charge in [0.15, 0.2) is 11.6 Å². The molecule has 2 atom stereocenters. The number of fused-ring (bicyclic) bond motifs is 2. The summed E-state index contributed by atoms with van der Waals surface area (Å²) in [4.78, 5) is 22.9. The second-order valence-electron chi connectivity index (χ2n) is 9.27. The summed E-state index contributed by atoms with van der Waals surface area (Å²) in [5, 5.41) is 3.36. The van der Waals surface area contributed by atoms with Gasteiger partial charge in [0.1, 0.15) is 0 Å². The molecule has 0 bridgehead atoms. The maximum atomic E-state index is 5.72. The molecule has 6 rings (SSSR count). The van der Waals surface area contributed by atoms with E-state index in [1.54, 1.807) is 18.4 Å². The Kier molecular flexibility index (Phi) is 5.94. The summed E-state index contributed by atoms with van der Waals surface area (Å²) >= 11 is 1.76. The Morgan fingerprint density at radius 2 is 2.21 bits per heavy atom. The van der Waals surface area contributed by atoms with Crippen molar-refractivity contribution in [1.29, 1.82) is 0 Å². The largest absolute Gasteiger partial charge is 0.383 e. The number of hydrogen-bond donors (Lipinski definition) is 1. The third-order valence-corrected chi connectivity index (χ3v) is 8.07. The Labute approximate surface area is 202 Å². The van der Waals surface area contributed by atoms with Crippen LogP contribution in [0.15, 0.2) is 30.0 Å². The fourth-order valence-corrected chi connectivity index (χ4v) is 6.28. The van der Waals surface area contributed by atoms with E-state index >= 15 is 0 Å². The van der Waals surface area contributed by atoms with Gasteiger partial charge in [0, 0.05) is 55.1 Å². The van der Waals surface area contributed by atoms with Crippen molar-refractivity contribution in [3.63, 3.8) is 0 Å². The van der Waals surface area contributed by atoms with Crippen LogP contribution < -0.4 is 4.90 Å². The molecule has 2 saturated heterocycles. The molecule has 0 saturated carbocycles. The second kappa shape index (κ2) is 9.22. The van der Waals surface area contributed by atoms with Crippen LogP contribution in [0.1, 0.15) is 25.3 Å². The topological polar surface area (TPSA) is 79.4 Å². The lowest BCUT2D eigenvalue weighted by molar-refractivity contribution is 0.0987. The number of pyridine rings is 1. The van der Waals surface area contributed by atoms with Gasteiger partial charge in [0.2, 0.25) is 0 Å². The smallest absolute Gasteiger partial charge is 0.164 e. The van der Waals surface area contributed by atoms with Crippen LogP contribution >= 0.6 is 11.3 Å². The molecule has 4 aromatic rings. The number of thiophene rings is 1. The van der Waals surface area contributed by atoms with Gasteiger partial charge in [-0.25, -0.2) is 9.97 Å². The van der Waals surface area contributed by atoms with Crippen molar-refractivity contribution < 1.29 is 9.47 Å². The molecule has 0 aromatic carbocycles. The van der Waals surface area contributed by atoms with Crippen LogP contribution in [-0.2, 0) is 16.0 Å². The number of anilines is 1. The zero-order valence-electron chi connectivity index (χ0n) is 19.7. The first-order valence-corrected chi connectivity index (χ1v) is 12.9. The van der Waals surface area contributed by atoms with Crippen molar-refractivity contribution >= 4 is 38.3 Å². The van der Waals surface area contributed by atoms with Crippen molar-refractivity contribution in [2.45, 2.75) is 38.4 Å². The fourth-order valence-electron chi connectivity index (χ4n) is 5.28. The highest BCUT2D eigenvalue weighted by Crippen LogP contribution is 2.37. The fraction of sp³-hybridized carbons (Fsp3) is 0.480. The van der Waals surface area contributed by atoms with Crippen LogP contribution in [-0.4, -0.2) is 76.9 Å². The van der Waals surface area contributed by atoms with Gasteiger partial charge in [-0.1, -0.05) is 0 Å². The highest BCUT2D eigenvalue weighted by atomic mass is 32.1. The minimum absolute atomic E-state index is 0.260. The number of methoxy groups -OCH3 is 1. The van der Waals surface area contributed by atoms with Gasteiger partial charge in [-0.2, -0.15) is 0 Å². The molecule has 0 amide bonds. The zero-order valence-corrected chi connectivity index (χ0v) is 20.5. The molecule has 1 N–H and O–H groups in total. The summed E-state index contributed by atoms with van der Waals surface area (Å²) in [5.41, 5.74) is 4.27. The van der Waals surface area contributed by atoms with Gasteiger partial charge in [-0.05, 0) is 37.8 Å². The van der Waals surface area contributed by atoms with E-state index in [1.165, 1.54) is 18.4 Å². The molecule has 2 fully saturated rings. The molecule has 0 radical (unpaired) electrons. The first kappa shape index (κ1) is 21.9. The lowest BCUT2D eigenvalue weighted by Crippen LogP contribution is -2.44. The van der Waals surface area contributed by atoms with E-state index in [9.17, 15) is 0 Å². The summed E-state index contributed by atoms with van der Waals surface area (Å²) in [6, 6.07) is 2.80. The molecular weight excluding hydrogens is 448 g/mol. The van der Waals surface area contributed by atoms with Crippen LogP contribution in [0, 0.1) is 0 Å². The van der Waals surface area contributed by atoms with Crippen LogP contribution in [0.2, 0.25) is 0 Å². The molecule has 8 nitrogen and oxygen atoms in total. The van der Waals surface area contributed by atoms with Gasteiger partial charge in [0.05, 0.1) is 47.8 Å². The average molecular weight is 479 g/mol. The Morgan fingerprint density at radius 1 is 1.26 bits per heavy atom. The lowest BCUT2D eigenvalue weighted by atomic mass is 10.1. The second-order valence-corrected chi connectivity index (χ2v) is 10.2. The van der Waals surface area contributed by atoms with Gasteiger partial charge in [-0.15, -0.1) is 11.3 Å². The number of aromatic amines is 1. The van der Waals surface area contributed by atoms with E-state index in [2.05, 4.69) is 38.1 Å². The number of nitrogens with zero attached hydrogens (tertiary/aromatic N) is 5. The quantitative estimate of drug-likeness (QED) is 0.447. The lowest BCUT2D eigenvalue weighted by Gasteiger charge is -2.34. The first-order chi connectivity index (χ1) is 16.7. The molecule has 2 aliphatic rings. The predicted octanol–water partition coefficient (Wildman–Crippen LogP) is 4.07. The Balaban J connectivity index is 1.48. The Bertz CT molecular complexity index is 1300. The standard InChI is InChI=1S/C25H30N6O2S/c1-16-13-33-9-8-31(16)25-23-22(17(15-34-23)12-30-7-3-4-18(30)14-32-2)28-24(29-25)20-10-26-11-21-19(20)5-6-27-21/h5-6,10-11,15-16,18,27H,3-4,7-9,12-14H2,1-2H3/t16-,18+/m1/s1. The third-order valence-electron chi connectivity index (χ3n) is 7.06. The molecule has 0 spiro atoms. The number of rotatable bonds is 6. The number of nitrogens with one attached hydrogen (secondary N) is 1. The van der Waals surface area contributed by atoms with E-state index in [1.807, 2.05) is 18.6 Å². The van der Waals surface area contributed by atoms with Crippen LogP contribution in [0.25, 0.3) is 32.5 Å². The molecule has 2 aliphatic heterocycles. The maximum Gasteiger partial charge on any atom is 0.164 e. The van der Waals surface area contributed by atoms with Gasteiger partial charge in [0.25, 0.3) is 0 Å². The molecule has 178 valence electrons. The average Bonchev–Trinajstić information content (AvgIpc) is 3.60. The SMILES string of the molecule is COC[C@@H]1CCCN1Cc1csc2c(N3CCOC[C@H]3C)nc(-c3cncc4[nH]ccc34)nc12. The molecular formula is C25H30N6O2S. The zero-order chi connectivity index (χ0) is 23.1. The normalized spacial score (nSPS) is 21.8. The van der Waals surface area contributed by atoms with E-state index in [0.29, 0.717) is 19.3 Å². The molecule has 6 heterocycles. The van der Waals surface area contributed by atoms with Crippen LogP contribution in [0.3, 0.4) is 0 Å². The van der Waals surface area contributed by atoms with E-state index in [0.717, 1.165) is 64.6 Å². The third kappa shape index (κ3) is 3.86. The number of aromatic nitrogens is 4. The molecule has 0 aliphatic carbocycles. The monoisotopic (exact) mass is 478 g/mol. The van der Waals surface area contributed by atoms with Gasteiger partial charge >= 0.3 is 0 Å². The summed E-state index contributed by atoms with van der Waals surface area (Å²) in [5.74, 6) is 1.74. The Hall–Kier alpha value is -2.59. The molecule has 34 heavy (non-hydrogen) atoms. The number of hydrogen-bond acceptors (Lipinski definition) is 8. The predicted molar refractivity (Wildman–Crippen MR) is 135 cm³/mol. The summed E-state index contributed by atoms with van der Waals surface area (Å²) in [6.07, 6.45) is 8.08. The van der Waals surface area contributed by atoms with Crippen LogP contribution in [0.5, 0.6) is 0 Å².